The summed E-state index contributed by atoms with van der Waals surface area (Å²) in [6.45, 7) is 6.39. The Morgan fingerprint density at radius 2 is 2.00 bits per heavy atom. The molecule has 112 valence electrons. The van der Waals surface area contributed by atoms with Crippen LogP contribution in [-0.4, -0.2) is 49.6 Å². The fourth-order valence-electron chi connectivity index (χ4n) is 3.05. The average molecular weight is 275 g/mol. The largest absolute Gasteiger partial charge is 0.330 e. The highest BCUT2D eigenvalue weighted by Gasteiger charge is 2.24. The van der Waals surface area contributed by atoms with E-state index in [-0.39, 0.29) is 0 Å². The lowest BCUT2D eigenvalue weighted by Crippen LogP contribution is -2.37. The molecule has 1 saturated heterocycles. The molecule has 2 rings (SSSR count). The van der Waals surface area contributed by atoms with Gasteiger partial charge in [0.2, 0.25) is 0 Å². The van der Waals surface area contributed by atoms with E-state index in [0.29, 0.717) is 12.0 Å². The highest BCUT2D eigenvalue weighted by atomic mass is 15.2. The summed E-state index contributed by atoms with van der Waals surface area (Å²) in [5.74, 6) is 0.456. The van der Waals surface area contributed by atoms with Gasteiger partial charge in [0.05, 0.1) is 0 Å². The van der Waals surface area contributed by atoms with Gasteiger partial charge in [0.25, 0.3) is 0 Å². The first-order valence-corrected chi connectivity index (χ1v) is 7.78. The standard InChI is InChI=1S/C17H29N3/c1-14(11-18)16-8-6-15(7-9-16)12-20-10-4-5-17(20)13-19(2)3/h6-9,14,17H,4-5,10-13,18H2,1-3H3. The van der Waals surface area contributed by atoms with Gasteiger partial charge in [-0.2, -0.15) is 0 Å². The fraction of sp³-hybridized carbons (Fsp3) is 0.647. The van der Waals surface area contributed by atoms with Gasteiger partial charge in [-0.05, 0) is 57.1 Å². The summed E-state index contributed by atoms with van der Waals surface area (Å²) in [7, 11) is 4.33. The smallest absolute Gasteiger partial charge is 0.0237 e. The van der Waals surface area contributed by atoms with E-state index in [1.54, 1.807) is 0 Å². The van der Waals surface area contributed by atoms with Gasteiger partial charge in [0.15, 0.2) is 0 Å². The topological polar surface area (TPSA) is 32.5 Å². The molecule has 0 aliphatic carbocycles. The van der Waals surface area contributed by atoms with Crippen LogP contribution < -0.4 is 5.73 Å². The number of benzene rings is 1. The normalized spacial score (nSPS) is 21.6. The molecule has 0 saturated carbocycles. The van der Waals surface area contributed by atoms with Crippen molar-refractivity contribution in [3.05, 3.63) is 35.4 Å². The molecule has 1 heterocycles. The Balaban J connectivity index is 1.95. The summed E-state index contributed by atoms with van der Waals surface area (Å²) in [4.78, 5) is 4.93. The molecule has 1 aliphatic heterocycles. The number of likely N-dealkylation sites (N-methyl/N-ethyl adjacent to an activating group) is 1. The van der Waals surface area contributed by atoms with E-state index >= 15 is 0 Å². The fourth-order valence-corrected chi connectivity index (χ4v) is 3.05. The molecule has 1 aliphatic rings. The zero-order valence-corrected chi connectivity index (χ0v) is 13.2. The first-order valence-electron chi connectivity index (χ1n) is 7.78. The number of hydrogen-bond donors (Lipinski definition) is 1. The van der Waals surface area contributed by atoms with Crippen molar-refractivity contribution in [3.8, 4) is 0 Å². The SMILES string of the molecule is CC(CN)c1ccc(CN2CCCC2CN(C)C)cc1. The van der Waals surface area contributed by atoms with E-state index in [2.05, 4.69) is 55.1 Å². The van der Waals surface area contributed by atoms with Gasteiger partial charge < -0.3 is 10.6 Å². The molecule has 2 N–H and O–H groups in total. The Kier molecular flexibility index (Phi) is 5.58. The second kappa shape index (κ2) is 7.21. The second-order valence-electron chi connectivity index (χ2n) is 6.41. The van der Waals surface area contributed by atoms with Gasteiger partial charge in [-0.3, -0.25) is 4.90 Å². The van der Waals surface area contributed by atoms with Crippen LogP contribution in [0.3, 0.4) is 0 Å². The summed E-state index contributed by atoms with van der Waals surface area (Å²) < 4.78 is 0. The summed E-state index contributed by atoms with van der Waals surface area (Å²) in [5, 5.41) is 0. The van der Waals surface area contributed by atoms with Gasteiger partial charge in [0, 0.05) is 19.1 Å². The molecule has 0 radical (unpaired) electrons. The van der Waals surface area contributed by atoms with E-state index in [4.69, 9.17) is 5.73 Å². The summed E-state index contributed by atoms with van der Waals surface area (Å²) in [6, 6.07) is 9.74. The van der Waals surface area contributed by atoms with E-state index in [9.17, 15) is 0 Å². The molecule has 0 spiro atoms. The molecule has 1 fully saturated rings. The van der Waals surface area contributed by atoms with E-state index in [0.717, 1.165) is 13.1 Å². The molecule has 0 bridgehead atoms. The third-order valence-corrected chi connectivity index (χ3v) is 4.36. The molecular weight excluding hydrogens is 246 g/mol. The minimum atomic E-state index is 0.456. The quantitative estimate of drug-likeness (QED) is 0.864. The molecular formula is C17H29N3. The van der Waals surface area contributed by atoms with Crippen LogP contribution in [0.1, 0.15) is 36.8 Å². The number of nitrogens with two attached hydrogens (primary N) is 1. The molecule has 1 aromatic carbocycles. The molecule has 2 atom stereocenters. The minimum absolute atomic E-state index is 0.456. The van der Waals surface area contributed by atoms with Gasteiger partial charge in [-0.15, -0.1) is 0 Å². The van der Waals surface area contributed by atoms with Crippen LogP contribution in [0.5, 0.6) is 0 Å². The number of rotatable bonds is 6. The number of likely N-dealkylation sites (tertiary alicyclic amines) is 1. The minimum Gasteiger partial charge on any atom is -0.330 e. The van der Waals surface area contributed by atoms with Gasteiger partial charge in [-0.1, -0.05) is 31.2 Å². The predicted octanol–water partition coefficient (Wildman–Crippen LogP) is 2.27. The Morgan fingerprint density at radius 3 is 2.60 bits per heavy atom. The Morgan fingerprint density at radius 1 is 1.30 bits per heavy atom. The van der Waals surface area contributed by atoms with Crippen LogP contribution in [0, 0.1) is 0 Å². The molecule has 0 amide bonds. The first-order chi connectivity index (χ1) is 9.60. The van der Waals surface area contributed by atoms with Crippen LogP contribution in [-0.2, 0) is 6.54 Å². The zero-order chi connectivity index (χ0) is 14.5. The lowest BCUT2D eigenvalue weighted by molar-refractivity contribution is 0.201. The number of nitrogens with zero attached hydrogens (tertiary/aromatic N) is 2. The van der Waals surface area contributed by atoms with Crippen molar-refractivity contribution in [3.63, 3.8) is 0 Å². The van der Waals surface area contributed by atoms with Crippen molar-refractivity contribution in [2.45, 2.75) is 38.3 Å². The molecule has 3 heteroatoms. The van der Waals surface area contributed by atoms with Crippen molar-refractivity contribution in [1.29, 1.82) is 0 Å². The van der Waals surface area contributed by atoms with Crippen molar-refractivity contribution < 1.29 is 0 Å². The van der Waals surface area contributed by atoms with Crippen molar-refractivity contribution in [2.75, 3.05) is 33.7 Å². The molecule has 3 nitrogen and oxygen atoms in total. The van der Waals surface area contributed by atoms with Gasteiger partial charge in [0.1, 0.15) is 0 Å². The van der Waals surface area contributed by atoms with Crippen LogP contribution in [0.15, 0.2) is 24.3 Å². The van der Waals surface area contributed by atoms with Crippen molar-refractivity contribution in [1.82, 2.24) is 9.80 Å². The van der Waals surface area contributed by atoms with Crippen LogP contribution in [0.2, 0.25) is 0 Å². The van der Waals surface area contributed by atoms with Crippen LogP contribution >= 0.6 is 0 Å². The molecule has 2 unspecified atom stereocenters. The van der Waals surface area contributed by atoms with Crippen LogP contribution in [0.25, 0.3) is 0 Å². The first kappa shape index (κ1) is 15.5. The summed E-state index contributed by atoms with van der Waals surface area (Å²) >= 11 is 0. The van der Waals surface area contributed by atoms with E-state index in [1.807, 2.05) is 0 Å². The summed E-state index contributed by atoms with van der Waals surface area (Å²) in [6.07, 6.45) is 2.67. The van der Waals surface area contributed by atoms with Crippen molar-refractivity contribution in [2.24, 2.45) is 5.73 Å². The van der Waals surface area contributed by atoms with Crippen LogP contribution in [0.4, 0.5) is 0 Å². The molecule has 1 aromatic rings. The number of hydrogen-bond acceptors (Lipinski definition) is 3. The average Bonchev–Trinajstić information content (AvgIpc) is 2.85. The van der Waals surface area contributed by atoms with E-state index < -0.39 is 0 Å². The third-order valence-electron chi connectivity index (χ3n) is 4.36. The highest BCUT2D eigenvalue weighted by molar-refractivity contribution is 5.25. The third kappa shape index (κ3) is 4.05. The van der Waals surface area contributed by atoms with E-state index in [1.165, 1.54) is 37.1 Å². The van der Waals surface area contributed by atoms with Gasteiger partial charge >= 0.3 is 0 Å². The maximum absolute atomic E-state index is 5.73. The lowest BCUT2D eigenvalue weighted by atomic mass is 10.00. The Bertz CT molecular complexity index is 399. The molecule has 0 aromatic heterocycles. The second-order valence-corrected chi connectivity index (χ2v) is 6.41. The zero-order valence-electron chi connectivity index (χ0n) is 13.2. The molecule has 20 heavy (non-hydrogen) atoms. The van der Waals surface area contributed by atoms with Gasteiger partial charge in [-0.25, -0.2) is 0 Å². The van der Waals surface area contributed by atoms with Crippen molar-refractivity contribution >= 4 is 0 Å². The Labute approximate surface area is 123 Å². The monoisotopic (exact) mass is 275 g/mol. The maximum atomic E-state index is 5.73. The summed E-state index contributed by atoms with van der Waals surface area (Å²) in [5.41, 5.74) is 8.50. The predicted molar refractivity (Wildman–Crippen MR) is 85.9 cm³/mol. The Hall–Kier alpha value is -0.900. The lowest BCUT2D eigenvalue weighted by Gasteiger charge is -2.27. The highest BCUT2D eigenvalue weighted by Crippen LogP contribution is 2.21. The maximum Gasteiger partial charge on any atom is 0.0237 e.